The molecule has 1 fully saturated rings. The first kappa shape index (κ1) is 11.8. The van der Waals surface area contributed by atoms with Gasteiger partial charge in [-0.05, 0) is 31.0 Å². The summed E-state index contributed by atoms with van der Waals surface area (Å²) >= 11 is 0. The number of aryl methyl sites for hydroxylation is 1. The Bertz CT molecular complexity index is 553. The molecule has 3 rings (SSSR count). The van der Waals surface area contributed by atoms with Crippen molar-refractivity contribution >= 4 is 10.9 Å². The summed E-state index contributed by atoms with van der Waals surface area (Å²) in [5.41, 5.74) is 1.90. The second kappa shape index (κ2) is 4.41. The van der Waals surface area contributed by atoms with Gasteiger partial charge in [0.1, 0.15) is 0 Å². The van der Waals surface area contributed by atoms with Gasteiger partial charge in [0.05, 0.1) is 5.60 Å². The van der Waals surface area contributed by atoms with E-state index in [9.17, 15) is 5.11 Å². The first-order valence-electron chi connectivity index (χ1n) is 6.64. The molecule has 1 aliphatic heterocycles. The van der Waals surface area contributed by atoms with Crippen LogP contribution >= 0.6 is 0 Å². The van der Waals surface area contributed by atoms with Gasteiger partial charge >= 0.3 is 0 Å². The number of fused-ring (bicyclic) bond motifs is 1. The number of para-hydroxylation sites is 1. The number of hydrogen-bond acceptors (Lipinski definition) is 2. The summed E-state index contributed by atoms with van der Waals surface area (Å²) in [4.78, 5) is 0. The Hall–Kier alpha value is -1.32. The van der Waals surface area contributed by atoms with E-state index >= 15 is 0 Å². The van der Waals surface area contributed by atoms with E-state index < -0.39 is 5.60 Å². The fourth-order valence-corrected chi connectivity index (χ4v) is 3.02. The lowest BCUT2D eigenvalue weighted by Gasteiger charge is -2.32. The SMILES string of the molecule is Cn1cc(CC2(O)CCCNC2)c2ccccc21. The minimum Gasteiger partial charge on any atom is -0.388 e. The molecule has 2 N–H and O–H groups in total. The maximum atomic E-state index is 10.6. The summed E-state index contributed by atoms with van der Waals surface area (Å²) in [6.07, 6.45) is 4.84. The van der Waals surface area contributed by atoms with Crippen molar-refractivity contribution < 1.29 is 5.11 Å². The number of piperidine rings is 1. The number of β-amino-alcohol motifs (C(OH)–C–C–N with tert-alkyl or cyclic N) is 1. The molecule has 1 aromatic carbocycles. The molecule has 0 amide bonds. The number of hydrogen-bond donors (Lipinski definition) is 2. The third-order valence-electron chi connectivity index (χ3n) is 3.95. The molecule has 1 unspecified atom stereocenters. The van der Waals surface area contributed by atoms with Gasteiger partial charge in [0.15, 0.2) is 0 Å². The lowest BCUT2D eigenvalue weighted by Crippen LogP contribution is -2.47. The van der Waals surface area contributed by atoms with Crippen LogP contribution in [0.3, 0.4) is 0 Å². The van der Waals surface area contributed by atoms with Gasteiger partial charge in [0.25, 0.3) is 0 Å². The van der Waals surface area contributed by atoms with E-state index in [1.165, 1.54) is 16.5 Å². The van der Waals surface area contributed by atoms with Crippen molar-refractivity contribution in [2.45, 2.75) is 24.9 Å². The number of rotatable bonds is 2. The maximum absolute atomic E-state index is 10.6. The smallest absolute Gasteiger partial charge is 0.0812 e. The summed E-state index contributed by atoms with van der Waals surface area (Å²) in [5, 5.41) is 15.2. The van der Waals surface area contributed by atoms with E-state index in [1.807, 2.05) is 0 Å². The molecule has 0 spiro atoms. The average molecular weight is 244 g/mol. The van der Waals surface area contributed by atoms with E-state index in [4.69, 9.17) is 0 Å². The first-order valence-corrected chi connectivity index (χ1v) is 6.64. The minimum atomic E-state index is -0.581. The molecule has 18 heavy (non-hydrogen) atoms. The minimum absolute atomic E-state index is 0.581. The van der Waals surface area contributed by atoms with Crippen molar-refractivity contribution in [3.8, 4) is 0 Å². The summed E-state index contributed by atoms with van der Waals surface area (Å²) < 4.78 is 2.14. The Morgan fingerprint density at radius 3 is 3.00 bits per heavy atom. The monoisotopic (exact) mass is 244 g/mol. The van der Waals surface area contributed by atoms with Crippen molar-refractivity contribution in [1.82, 2.24) is 9.88 Å². The van der Waals surface area contributed by atoms with Crippen LogP contribution in [-0.2, 0) is 13.5 Å². The van der Waals surface area contributed by atoms with Gasteiger partial charge < -0.3 is 15.0 Å². The van der Waals surface area contributed by atoms with Crippen molar-refractivity contribution in [3.63, 3.8) is 0 Å². The van der Waals surface area contributed by atoms with Gasteiger partial charge in [-0.3, -0.25) is 0 Å². The quantitative estimate of drug-likeness (QED) is 0.846. The zero-order valence-corrected chi connectivity index (χ0v) is 10.8. The highest BCUT2D eigenvalue weighted by Gasteiger charge is 2.30. The lowest BCUT2D eigenvalue weighted by molar-refractivity contribution is 0.0172. The maximum Gasteiger partial charge on any atom is 0.0812 e. The molecule has 2 aromatic rings. The van der Waals surface area contributed by atoms with E-state index in [2.05, 4.69) is 47.4 Å². The second-order valence-electron chi connectivity index (χ2n) is 5.46. The Kier molecular flexibility index (Phi) is 2.88. The predicted octanol–water partition coefficient (Wildman–Crippen LogP) is 1.84. The van der Waals surface area contributed by atoms with Gasteiger partial charge in [-0.25, -0.2) is 0 Å². The fraction of sp³-hybridized carbons (Fsp3) is 0.467. The third kappa shape index (κ3) is 2.04. The van der Waals surface area contributed by atoms with Gasteiger partial charge in [-0.2, -0.15) is 0 Å². The van der Waals surface area contributed by atoms with Gasteiger partial charge in [-0.15, -0.1) is 0 Å². The summed E-state index contributed by atoms with van der Waals surface area (Å²) in [6, 6.07) is 8.39. The molecule has 1 aromatic heterocycles. The Labute approximate surface area is 107 Å². The molecule has 96 valence electrons. The highest BCUT2D eigenvalue weighted by Crippen LogP contribution is 2.27. The normalized spacial score (nSPS) is 24.6. The zero-order valence-electron chi connectivity index (χ0n) is 10.8. The van der Waals surface area contributed by atoms with Crippen LogP contribution in [0.15, 0.2) is 30.5 Å². The van der Waals surface area contributed by atoms with Gasteiger partial charge in [0, 0.05) is 37.1 Å². The molecular weight excluding hydrogens is 224 g/mol. The van der Waals surface area contributed by atoms with Crippen molar-refractivity contribution in [2.24, 2.45) is 7.05 Å². The van der Waals surface area contributed by atoms with Crippen LogP contribution < -0.4 is 5.32 Å². The first-order chi connectivity index (χ1) is 8.68. The van der Waals surface area contributed by atoms with Crippen molar-refractivity contribution in [1.29, 1.82) is 0 Å². The molecular formula is C15H20N2O. The zero-order chi connectivity index (χ0) is 12.6. The average Bonchev–Trinajstić information content (AvgIpc) is 2.67. The van der Waals surface area contributed by atoms with Gasteiger partial charge in [-0.1, -0.05) is 18.2 Å². The van der Waals surface area contributed by atoms with E-state index in [0.29, 0.717) is 6.54 Å². The second-order valence-corrected chi connectivity index (χ2v) is 5.46. The molecule has 0 aliphatic carbocycles. The van der Waals surface area contributed by atoms with Gasteiger partial charge in [0.2, 0.25) is 0 Å². The van der Waals surface area contributed by atoms with E-state index in [1.54, 1.807) is 0 Å². The third-order valence-corrected chi connectivity index (χ3v) is 3.95. The molecule has 2 heterocycles. The predicted molar refractivity (Wildman–Crippen MR) is 73.7 cm³/mol. The number of nitrogens with one attached hydrogen (secondary N) is 1. The van der Waals surface area contributed by atoms with Crippen LogP contribution in [0.1, 0.15) is 18.4 Å². The number of benzene rings is 1. The Morgan fingerprint density at radius 1 is 1.39 bits per heavy atom. The highest BCUT2D eigenvalue weighted by atomic mass is 16.3. The van der Waals surface area contributed by atoms with Crippen molar-refractivity contribution in [2.75, 3.05) is 13.1 Å². The largest absolute Gasteiger partial charge is 0.388 e. The lowest BCUT2D eigenvalue weighted by atomic mass is 9.87. The van der Waals surface area contributed by atoms with Crippen molar-refractivity contribution in [3.05, 3.63) is 36.0 Å². The van der Waals surface area contributed by atoms with Crippen LogP contribution in [0.2, 0.25) is 0 Å². The van der Waals surface area contributed by atoms with Crippen LogP contribution in [0, 0.1) is 0 Å². The molecule has 1 saturated heterocycles. The highest BCUT2D eigenvalue weighted by molar-refractivity contribution is 5.84. The molecule has 0 saturated carbocycles. The molecule has 1 aliphatic rings. The number of nitrogens with zero attached hydrogens (tertiary/aromatic N) is 1. The summed E-state index contributed by atoms with van der Waals surface area (Å²) in [7, 11) is 2.06. The summed E-state index contributed by atoms with van der Waals surface area (Å²) in [5.74, 6) is 0. The molecule has 0 radical (unpaired) electrons. The summed E-state index contributed by atoms with van der Waals surface area (Å²) in [6.45, 7) is 1.73. The standard InChI is InChI=1S/C15H20N2O/c1-17-10-12(13-5-2-3-6-14(13)17)9-15(18)7-4-8-16-11-15/h2-3,5-6,10,16,18H,4,7-9,11H2,1H3. The van der Waals surface area contributed by atoms with E-state index in [0.717, 1.165) is 25.8 Å². The van der Waals surface area contributed by atoms with E-state index in [-0.39, 0.29) is 0 Å². The molecule has 3 heteroatoms. The molecule has 0 bridgehead atoms. The molecule has 3 nitrogen and oxygen atoms in total. The number of aliphatic hydroxyl groups is 1. The Morgan fingerprint density at radius 2 is 2.22 bits per heavy atom. The number of aromatic nitrogens is 1. The van der Waals surface area contributed by atoms with Crippen LogP contribution in [0.4, 0.5) is 0 Å². The van der Waals surface area contributed by atoms with Crippen LogP contribution in [-0.4, -0.2) is 28.4 Å². The topological polar surface area (TPSA) is 37.2 Å². The Balaban J connectivity index is 1.95. The van der Waals surface area contributed by atoms with Crippen LogP contribution in [0.5, 0.6) is 0 Å². The fourth-order valence-electron chi connectivity index (χ4n) is 3.02. The van der Waals surface area contributed by atoms with Crippen LogP contribution in [0.25, 0.3) is 10.9 Å². The molecule has 1 atom stereocenters.